The van der Waals surface area contributed by atoms with Gasteiger partial charge < -0.3 is 10.1 Å². The van der Waals surface area contributed by atoms with Gasteiger partial charge in [0.2, 0.25) is 0 Å². The van der Waals surface area contributed by atoms with Crippen molar-refractivity contribution in [3.05, 3.63) is 0 Å². The fraction of sp³-hybridized carbons (Fsp3) is 0.977. The van der Waals surface area contributed by atoms with Gasteiger partial charge in [0.15, 0.2) is 0 Å². The van der Waals surface area contributed by atoms with E-state index in [4.69, 9.17) is 4.74 Å². The van der Waals surface area contributed by atoms with Crippen molar-refractivity contribution < 1.29 is 9.53 Å². The standard InChI is InChI=1S/C44H89NO2/c1-5-7-9-11-13-15-17-19-21-23-25-27-29-31-33-35-39-43(47-44(46)45-41-37-38-42(3)4)40-36-34-32-30-28-26-24-22-20-18-16-14-12-10-8-6-2/h42-43H,5-41H2,1-4H3,(H,45,46). The van der Waals surface area contributed by atoms with Crippen LogP contribution in [-0.4, -0.2) is 18.7 Å². The van der Waals surface area contributed by atoms with E-state index in [1.165, 1.54) is 205 Å². The third-order valence-corrected chi connectivity index (χ3v) is 10.3. The van der Waals surface area contributed by atoms with Gasteiger partial charge in [-0.15, -0.1) is 0 Å². The van der Waals surface area contributed by atoms with E-state index in [0.717, 1.165) is 32.2 Å². The zero-order chi connectivity index (χ0) is 34.3. The molecule has 282 valence electrons. The molecule has 0 saturated heterocycles. The minimum atomic E-state index is -0.188. The summed E-state index contributed by atoms with van der Waals surface area (Å²) < 4.78 is 5.96. The van der Waals surface area contributed by atoms with Crippen LogP contribution in [0.25, 0.3) is 0 Å². The molecule has 0 saturated carbocycles. The zero-order valence-corrected chi connectivity index (χ0v) is 33.1. The maximum Gasteiger partial charge on any atom is 0.407 e. The van der Waals surface area contributed by atoms with E-state index in [1.54, 1.807) is 0 Å². The Balaban J connectivity index is 3.90. The summed E-state index contributed by atoms with van der Waals surface area (Å²) in [4.78, 5) is 12.5. The Hall–Kier alpha value is -0.730. The van der Waals surface area contributed by atoms with Gasteiger partial charge in [0.05, 0.1) is 0 Å². The molecule has 0 unspecified atom stereocenters. The predicted octanol–water partition coefficient (Wildman–Crippen LogP) is 15.8. The molecule has 1 amide bonds. The van der Waals surface area contributed by atoms with Crippen LogP contribution in [0, 0.1) is 5.92 Å². The number of amides is 1. The van der Waals surface area contributed by atoms with Crippen molar-refractivity contribution in [3.8, 4) is 0 Å². The molecule has 0 atom stereocenters. The highest BCUT2D eigenvalue weighted by molar-refractivity contribution is 5.67. The number of ether oxygens (including phenoxy) is 1. The number of hydrogen-bond acceptors (Lipinski definition) is 2. The highest BCUT2D eigenvalue weighted by Gasteiger charge is 2.14. The molecule has 0 radical (unpaired) electrons. The fourth-order valence-corrected chi connectivity index (χ4v) is 7.00. The lowest BCUT2D eigenvalue weighted by Gasteiger charge is -2.18. The number of carbonyl (C=O) groups excluding carboxylic acids is 1. The van der Waals surface area contributed by atoms with E-state index in [-0.39, 0.29) is 12.2 Å². The molecule has 0 fully saturated rings. The molecule has 3 heteroatoms. The van der Waals surface area contributed by atoms with Crippen molar-refractivity contribution >= 4 is 6.09 Å². The molecule has 0 aliphatic carbocycles. The molecule has 0 bridgehead atoms. The normalized spacial score (nSPS) is 11.6. The Morgan fingerprint density at radius 1 is 0.404 bits per heavy atom. The van der Waals surface area contributed by atoms with E-state index in [9.17, 15) is 4.79 Å². The average Bonchev–Trinajstić information content (AvgIpc) is 3.06. The molecule has 0 aromatic carbocycles. The Labute approximate surface area is 297 Å². The second-order valence-electron chi connectivity index (χ2n) is 15.7. The number of rotatable bonds is 39. The molecule has 0 aromatic heterocycles. The summed E-state index contributed by atoms with van der Waals surface area (Å²) in [7, 11) is 0. The molecule has 0 heterocycles. The van der Waals surface area contributed by atoms with Gasteiger partial charge in [0.1, 0.15) is 6.10 Å². The van der Waals surface area contributed by atoms with Gasteiger partial charge in [0.25, 0.3) is 0 Å². The highest BCUT2D eigenvalue weighted by Crippen LogP contribution is 2.19. The molecule has 1 N–H and O–H groups in total. The molecular weight excluding hydrogens is 574 g/mol. The number of nitrogens with one attached hydrogen (secondary N) is 1. The minimum Gasteiger partial charge on any atom is -0.446 e. The van der Waals surface area contributed by atoms with Gasteiger partial charge in [-0.1, -0.05) is 220 Å². The summed E-state index contributed by atoms with van der Waals surface area (Å²) in [6, 6.07) is 0. The van der Waals surface area contributed by atoms with Crippen LogP contribution < -0.4 is 5.32 Å². The second-order valence-corrected chi connectivity index (χ2v) is 15.7. The van der Waals surface area contributed by atoms with Crippen LogP contribution in [0.15, 0.2) is 0 Å². The average molecular weight is 664 g/mol. The van der Waals surface area contributed by atoms with Crippen molar-refractivity contribution in [3.63, 3.8) is 0 Å². The lowest BCUT2D eigenvalue weighted by Crippen LogP contribution is -2.30. The van der Waals surface area contributed by atoms with Crippen LogP contribution in [-0.2, 0) is 4.74 Å². The topological polar surface area (TPSA) is 38.3 Å². The molecule has 47 heavy (non-hydrogen) atoms. The third-order valence-electron chi connectivity index (χ3n) is 10.3. The summed E-state index contributed by atoms with van der Waals surface area (Å²) in [6.07, 6.45) is 48.8. The highest BCUT2D eigenvalue weighted by atomic mass is 16.6. The molecule has 0 rings (SSSR count). The van der Waals surface area contributed by atoms with Crippen molar-refractivity contribution in [2.45, 2.75) is 265 Å². The number of unbranched alkanes of at least 4 members (excludes halogenated alkanes) is 30. The Morgan fingerprint density at radius 2 is 0.681 bits per heavy atom. The van der Waals surface area contributed by atoms with Crippen molar-refractivity contribution in [1.82, 2.24) is 5.32 Å². The van der Waals surface area contributed by atoms with E-state index in [2.05, 4.69) is 33.0 Å². The molecule has 0 aliphatic heterocycles. The van der Waals surface area contributed by atoms with Gasteiger partial charge in [0, 0.05) is 6.54 Å². The summed E-state index contributed by atoms with van der Waals surface area (Å²) in [5, 5.41) is 3.02. The molecule has 0 aliphatic rings. The Bertz CT molecular complexity index is 555. The van der Waals surface area contributed by atoms with Crippen LogP contribution in [0.4, 0.5) is 4.79 Å². The smallest absolute Gasteiger partial charge is 0.407 e. The predicted molar refractivity (Wildman–Crippen MR) is 211 cm³/mol. The van der Waals surface area contributed by atoms with Crippen LogP contribution in [0.5, 0.6) is 0 Å². The molecular formula is C44H89NO2. The van der Waals surface area contributed by atoms with E-state index < -0.39 is 0 Å². The second kappa shape index (κ2) is 39.7. The first-order chi connectivity index (χ1) is 23.1. The van der Waals surface area contributed by atoms with E-state index >= 15 is 0 Å². The quantitative estimate of drug-likeness (QED) is 0.0665. The van der Waals surface area contributed by atoms with Crippen molar-refractivity contribution in [1.29, 1.82) is 0 Å². The molecule has 3 nitrogen and oxygen atoms in total. The molecule has 0 spiro atoms. The van der Waals surface area contributed by atoms with E-state index in [0.29, 0.717) is 5.92 Å². The first kappa shape index (κ1) is 46.3. The summed E-state index contributed by atoms with van der Waals surface area (Å²) in [5.41, 5.74) is 0. The lowest BCUT2D eigenvalue weighted by molar-refractivity contribution is 0.0840. The maximum absolute atomic E-state index is 12.5. The Morgan fingerprint density at radius 3 is 0.957 bits per heavy atom. The van der Waals surface area contributed by atoms with Crippen molar-refractivity contribution in [2.75, 3.05) is 6.54 Å². The lowest BCUT2D eigenvalue weighted by atomic mass is 10.0. The van der Waals surface area contributed by atoms with E-state index in [1.807, 2.05) is 0 Å². The largest absolute Gasteiger partial charge is 0.446 e. The summed E-state index contributed by atoms with van der Waals surface area (Å²) in [6.45, 7) is 9.82. The van der Waals surface area contributed by atoms with Crippen LogP contribution in [0.2, 0.25) is 0 Å². The molecule has 0 aromatic rings. The summed E-state index contributed by atoms with van der Waals surface area (Å²) in [5.74, 6) is 0.686. The third kappa shape index (κ3) is 39.6. The van der Waals surface area contributed by atoms with Gasteiger partial charge in [-0.05, 0) is 44.4 Å². The first-order valence-electron chi connectivity index (χ1n) is 22.0. The minimum absolute atomic E-state index is 0.0957. The fourth-order valence-electron chi connectivity index (χ4n) is 7.00. The van der Waals surface area contributed by atoms with Gasteiger partial charge in [-0.25, -0.2) is 4.79 Å². The number of alkyl carbamates (subject to hydrolysis) is 1. The van der Waals surface area contributed by atoms with Gasteiger partial charge in [-0.2, -0.15) is 0 Å². The number of carbonyl (C=O) groups is 1. The Kier molecular flexibility index (Phi) is 39.1. The maximum atomic E-state index is 12.5. The van der Waals surface area contributed by atoms with Gasteiger partial charge >= 0.3 is 6.09 Å². The number of hydrogen-bond donors (Lipinski definition) is 1. The first-order valence-corrected chi connectivity index (χ1v) is 22.0. The van der Waals surface area contributed by atoms with Crippen LogP contribution in [0.1, 0.15) is 259 Å². The zero-order valence-electron chi connectivity index (χ0n) is 33.1. The van der Waals surface area contributed by atoms with Crippen molar-refractivity contribution in [2.24, 2.45) is 5.92 Å². The SMILES string of the molecule is CCCCCCCCCCCCCCCCCCC(CCCCCCCCCCCCCCCCCC)OC(=O)NCCCC(C)C. The summed E-state index contributed by atoms with van der Waals surface area (Å²) >= 11 is 0. The van der Waals surface area contributed by atoms with Crippen LogP contribution >= 0.6 is 0 Å². The monoisotopic (exact) mass is 664 g/mol. The van der Waals surface area contributed by atoms with Gasteiger partial charge in [-0.3, -0.25) is 0 Å². The van der Waals surface area contributed by atoms with Crippen LogP contribution in [0.3, 0.4) is 0 Å².